The second-order valence-corrected chi connectivity index (χ2v) is 4.45. The fourth-order valence-corrected chi connectivity index (χ4v) is 1.98. The Morgan fingerprint density at radius 3 is 2.32 bits per heavy atom. The standard InChI is InChI=1S/C17H15NO4/c1-21-17(22-2)16-12-15(18(19)20)11-10-14(16)9-8-13-6-4-3-5-7-13/h3-7,10-12,17H,1-2H3. The number of ether oxygens (including phenoxy) is 2. The Hall–Kier alpha value is -2.68. The Labute approximate surface area is 128 Å². The average molecular weight is 297 g/mol. The van der Waals surface area contributed by atoms with Gasteiger partial charge < -0.3 is 9.47 Å². The Morgan fingerprint density at radius 1 is 1.05 bits per heavy atom. The maximum Gasteiger partial charge on any atom is 0.269 e. The van der Waals surface area contributed by atoms with Crippen LogP contribution in [0.15, 0.2) is 48.5 Å². The summed E-state index contributed by atoms with van der Waals surface area (Å²) in [5.41, 5.74) is 1.99. The summed E-state index contributed by atoms with van der Waals surface area (Å²) in [7, 11) is 2.95. The molecule has 2 rings (SSSR count). The van der Waals surface area contributed by atoms with Crippen LogP contribution in [0.25, 0.3) is 0 Å². The first-order valence-electron chi connectivity index (χ1n) is 6.56. The zero-order valence-electron chi connectivity index (χ0n) is 12.3. The fourth-order valence-electron chi connectivity index (χ4n) is 1.98. The molecule has 0 aliphatic rings. The highest BCUT2D eigenvalue weighted by atomic mass is 16.7. The van der Waals surface area contributed by atoms with Gasteiger partial charge in [-0.05, 0) is 18.2 Å². The van der Waals surface area contributed by atoms with E-state index in [1.165, 1.54) is 26.4 Å². The van der Waals surface area contributed by atoms with Crippen molar-refractivity contribution in [2.24, 2.45) is 0 Å². The Kier molecular flexibility index (Phi) is 5.26. The van der Waals surface area contributed by atoms with Gasteiger partial charge in [-0.15, -0.1) is 0 Å². The van der Waals surface area contributed by atoms with E-state index < -0.39 is 11.2 Å². The third-order valence-corrected chi connectivity index (χ3v) is 3.04. The molecule has 0 N–H and O–H groups in total. The second-order valence-electron chi connectivity index (χ2n) is 4.45. The van der Waals surface area contributed by atoms with Crippen LogP contribution in [0.1, 0.15) is 23.0 Å². The second kappa shape index (κ2) is 7.36. The first-order valence-corrected chi connectivity index (χ1v) is 6.56. The van der Waals surface area contributed by atoms with Crippen LogP contribution in [0.5, 0.6) is 0 Å². The molecule has 0 saturated heterocycles. The Bertz CT molecular complexity index is 712. The van der Waals surface area contributed by atoms with Crippen molar-refractivity contribution in [2.75, 3.05) is 14.2 Å². The van der Waals surface area contributed by atoms with Gasteiger partial charge in [-0.1, -0.05) is 30.0 Å². The van der Waals surface area contributed by atoms with E-state index in [4.69, 9.17) is 9.47 Å². The summed E-state index contributed by atoms with van der Waals surface area (Å²) >= 11 is 0. The molecule has 0 amide bonds. The normalized spacial score (nSPS) is 10.1. The molecule has 0 heterocycles. The topological polar surface area (TPSA) is 61.6 Å². The zero-order chi connectivity index (χ0) is 15.9. The minimum atomic E-state index is -0.708. The highest BCUT2D eigenvalue weighted by molar-refractivity contribution is 5.51. The summed E-state index contributed by atoms with van der Waals surface area (Å²) in [5.74, 6) is 6.03. The molecule has 2 aromatic rings. The summed E-state index contributed by atoms with van der Waals surface area (Å²) < 4.78 is 10.4. The monoisotopic (exact) mass is 297 g/mol. The number of methoxy groups -OCH3 is 2. The van der Waals surface area contributed by atoms with Gasteiger partial charge in [0.2, 0.25) is 0 Å². The molecule has 0 radical (unpaired) electrons. The molecule has 0 aliphatic heterocycles. The molecule has 2 aromatic carbocycles. The van der Waals surface area contributed by atoms with Gasteiger partial charge in [0.25, 0.3) is 5.69 Å². The van der Waals surface area contributed by atoms with Crippen molar-refractivity contribution in [1.82, 2.24) is 0 Å². The Balaban J connectivity index is 2.46. The lowest BCUT2D eigenvalue weighted by Gasteiger charge is -2.15. The molecule has 0 aromatic heterocycles. The SMILES string of the molecule is COC(OC)c1cc([N+](=O)[O-])ccc1C#Cc1ccccc1. The number of hydrogen-bond donors (Lipinski definition) is 0. The predicted octanol–water partition coefficient (Wildman–Crippen LogP) is 3.29. The first-order chi connectivity index (χ1) is 10.7. The summed E-state index contributed by atoms with van der Waals surface area (Å²) in [5, 5.41) is 10.9. The lowest BCUT2D eigenvalue weighted by Crippen LogP contribution is -2.06. The van der Waals surface area contributed by atoms with Crippen molar-refractivity contribution in [1.29, 1.82) is 0 Å². The summed E-state index contributed by atoms with van der Waals surface area (Å²) in [6.07, 6.45) is -0.708. The van der Waals surface area contributed by atoms with Gasteiger partial charge in [-0.25, -0.2) is 0 Å². The van der Waals surface area contributed by atoms with Crippen molar-refractivity contribution in [3.63, 3.8) is 0 Å². The Morgan fingerprint density at radius 2 is 1.73 bits per heavy atom. The number of nitro groups is 1. The van der Waals surface area contributed by atoms with Crippen molar-refractivity contribution < 1.29 is 14.4 Å². The largest absolute Gasteiger partial charge is 0.352 e. The fraction of sp³-hybridized carbons (Fsp3) is 0.176. The molecular weight excluding hydrogens is 282 g/mol. The molecule has 22 heavy (non-hydrogen) atoms. The maximum atomic E-state index is 10.9. The van der Waals surface area contributed by atoms with Gasteiger partial charge in [0.15, 0.2) is 6.29 Å². The van der Waals surface area contributed by atoms with E-state index in [1.807, 2.05) is 30.3 Å². The smallest absolute Gasteiger partial charge is 0.269 e. The average Bonchev–Trinajstić information content (AvgIpc) is 2.55. The minimum Gasteiger partial charge on any atom is -0.352 e. The van der Waals surface area contributed by atoms with Crippen LogP contribution in [-0.2, 0) is 9.47 Å². The quantitative estimate of drug-likeness (QED) is 0.376. The molecule has 5 heteroatoms. The summed E-state index contributed by atoms with van der Waals surface area (Å²) in [6.45, 7) is 0. The van der Waals surface area contributed by atoms with Crippen molar-refractivity contribution in [3.8, 4) is 11.8 Å². The molecule has 0 fully saturated rings. The van der Waals surface area contributed by atoms with Gasteiger partial charge in [0.05, 0.1) is 4.92 Å². The zero-order valence-corrected chi connectivity index (χ0v) is 12.3. The van der Waals surface area contributed by atoms with Crippen molar-refractivity contribution in [2.45, 2.75) is 6.29 Å². The molecular formula is C17H15NO4. The van der Waals surface area contributed by atoms with Crippen LogP contribution in [0, 0.1) is 22.0 Å². The van der Waals surface area contributed by atoms with Crippen LogP contribution < -0.4 is 0 Å². The number of nitro benzene ring substituents is 1. The molecule has 0 bridgehead atoms. The number of benzene rings is 2. The minimum absolute atomic E-state index is 0.0284. The van der Waals surface area contributed by atoms with E-state index >= 15 is 0 Å². The summed E-state index contributed by atoms with van der Waals surface area (Å²) in [6, 6.07) is 13.9. The first kappa shape index (κ1) is 15.7. The predicted molar refractivity (Wildman–Crippen MR) is 82.3 cm³/mol. The number of nitrogens with zero attached hydrogens (tertiary/aromatic N) is 1. The van der Waals surface area contributed by atoms with Gasteiger partial charge in [0, 0.05) is 43.0 Å². The summed E-state index contributed by atoms with van der Waals surface area (Å²) in [4.78, 5) is 10.5. The van der Waals surface area contributed by atoms with Gasteiger partial charge in [-0.2, -0.15) is 0 Å². The lowest BCUT2D eigenvalue weighted by atomic mass is 10.1. The highest BCUT2D eigenvalue weighted by Crippen LogP contribution is 2.25. The van der Waals surface area contributed by atoms with E-state index in [9.17, 15) is 10.1 Å². The number of rotatable bonds is 4. The van der Waals surface area contributed by atoms with E-state index in [1.54, 1.807) is 6.07 Å². The van der Waals surface area contributed by atoms with Crippen LogP contribution in [-0.4, -0.2) is 19.1 Å². The maximum absolute atomic E-state index is 10.9. The molecule has 0 saturated carbocycles. The number of non-ortho nitro benzene ring substituents is 1. The van der Waals surface area contributed by atoms with Gasteiger partial charge in [-0.3, -0.25) is 10.1 Å². The van der Waals surface area contributed by atoms with Gasteiger partial charge in [0.1, 0.15) is 0 Å². The van der Waals surface area contributed by atoms with Crippen LogP contribution in [0.3, 0.4) is 0 Å². The van der Waals surface area contributed by atoms with E-state index in [-0.39, 0.29) is 5.69 Å². The lowest BCUT2D eigenvalue weighted by molar-refractivity contribution is -0.385. The van der Waals surface area contributed by atoms with Gasteiger partial charge >= 0.3 is 0 Å². The highest BCUT2D eigenvalue weighted by Gasteiger charge is 2.17. The van der Waals surface area contributed by atoms with E-state index in [0.29, 0.717) is 11.1 Å². The van der Waals surface area contributed by atoms with Crippen LogP contribution in [0.4, 0.5) is 5.69 Å². The van der Waals surface area contributed by atoms with Crippen LogP contribution >= 0.6 is 0 Å². The van der Waals surface area contributed by atoms with E-state index in [2.05, 4.69) is 11.8 Å². The third kappa shape index (κ3) is 3.70. The molecule has 0 spiro atoms. The third-order valence-electron chi connectivity index (χ3n) is 3.04. The molecule has 0 unspecified atom stereocenters. The van der Waals surface area contributed by atoms with Crippen LogP contribution in [0.2, 0.25) is 0 Å². The molecule has 0 aliphatic carbocycles. The molecule has 5 nitrogen and oxygen atoms in total. The van der Waals surface area contributed by atoms with Crippen molar-refractivity contribution in [3.05, 3.63) is 75.3 Å². The van der Waals surface area contributed by atoms with Crippen molar-refractivity contribution >= 4 is 5.69 Å². The van der Waals surface area contributed by atoms with E-state index in [0.717, 1.165) is 5.56 Å². The number of hydrogen-bond acceptors (Lipinski definition) is 4. The molecule has 0 atom stereocenters. The molecule has 112 valence electrons.